The minimum Gasteiger partial charge on any atom is -0.303 e. The fraction of sp³-hybridized carbons (Fsp3) is 0.467. The lowest BCUT2D eigenvalue weighted by Crippen LogP contribution is -2.22. The van der Waals surface area contributed by atoms with E-state index < -0.39 is 0 Å². The number of benzene rings is 1. The van der Waals surface area contributed by atoms with Gasteiger partial charge in [0.2, 0.25) is 0 Å². The molecule has 1 heterocycles. The third-order valence-corrected chi connectivity index (χ3v) is 3.17. The largest absolute Gasteiger partial charge is 0.303 e. The zero-order chi connectivity index (χ0) is 14.5. The van der Waals surface area contributed by atoms with Gasteiger partial charge in [0.05, 0.1) is 6.54 Å². The monoisotopic (exact) mass is 276 g/mol. The Morgan fingerprint density at radius 1 is 1.20 bits per heavy atom. The summed E-state index contributed by atoms with van der Waals surface area (Å²) < 4.78 is 14.8. The van der Waals surface area contributed by atoms with Gasteiger partial charge in [-0.15, -0.1) is 0 Å². The van der Waals surface area contributed by atoms with E-state index in [9.17, 15) is 4.39 Å². The topological polar surface area (TPSA) is 42.7 Å². The van der Waals surface area contributed by atoms with Crippen molar-refractivity contribution in [2.24, 2.45) is 5.92 Å². The van der Waals surface area contributed by atoms with Crippen molar-refractivity contribution < 1.29 is 4.39 Å². The maximum absolute atomic E-state index is 12.9. The van der Waals surface area contributed by atoms with Crippen molar-refractivity contribution in [3.63, 3.8) is 0 Å². The van der Waals surface area contributed by atoms with Crippen molar-refractivity contribution in [1.29, 1.82) is 0 Å². The normalized spacial score (nSPS) is 12.8. The van der Waals surface area contributed by atoms with Crippen LogP contribution in [-0.2, 0) is 13.1 Å². The molecule has 0 fully saturated rings. The zero-order valence-corrected chi connectivity index (χ0v) is 12.2. The lowest BCUT2D eigenvalue weighted by molar-refractivity contribution is 0.449. The van der Waals surface area contributed by atoms with E-state index in [0.29, 0.717) is 12.5 Å². The first-order valence-corrected chi connectivity index (χ1v) is 6.91. The molecule has 108 valence electrons. The molecule has 20 heavy (non-hydrogen) atoms. The summed E-state index contributed by atoms with van der Waals surface area (Å²) in [6.45, 7) is 7.86. The van der Waals surface area contributed by atoms with E-state index in [-0.39, 0.29) is 11.9 Å². The molecule has 1 N–H and O–H groups in total. The second-order valence-corrected chi connectivity index (χ2v) is 5.41. The second kappa shape index (κ2) is 6.61. The van der Waals surface area contributed by atoms with Crippen LogP contribution in [0.15, 0.2) is 30.6 Å². The Labute approximate surface area is 119 Å². The maximum Gasteiger partial charge on any atom is 0.140 e. The van der Waals surface area contributed by atoms with Crippen molar-refractivity contribution in [2.45, 2.75) is 39.9 Å². The third kappa shape index (κ3) is 3.87. The molecule has 1 aromatic carbocycles. The van der Waals surface area contributed by atoms with Crippen LogP contribution >= 0.6 is 0 Å². The molecule has 0 aliphatic rings. The summed E-state index contributed by atoms with van der Waals surface area (Å²) in [5, 5.41) is 7.62. The minimum absolute atomic E-state index is 0.139. The molecule has 0 spiro atoms. The van der Waals surface area contributed by atoms with Gasteiger partial charge in [-0.2, -0.15) is 5.10 Å². The van der Waals surface area contributed by atoms with Crippen molar-refractivity contribution >= 4 is 0 Å². The number of hydrogen-bond acceptors (Lipinski definition) is 3. The molecular weight excluding hydrogens is 255 g/mol. The quantitative estimate of drug-likeness (QED) is 0.882. The lowest BCUT2D eigenvalue weighted by Gasteiger charge is -2.15. The summed E-state index contributed by atoms with van der Waals surface area (Å²) in [5.74, 6) is 1.25. The summed E-state index contributed by atoms with van der Waals surface area (Å²) in [7, 11) is 0. The van der Waals surface area contributed by atoms with E-state index in [2.05, 4.69) is 36.2 Å². The molecule has 0 aliphatic heterocycles. The molecule has 5 heteroatoms. The fourth-order valence-electron chi connectivity index (χ4n) is 2.04. The van der Waals surface area contributed by atoms with E-state index >= 15 is 0 Å². The van der Waals surface area contributed by atoms with Gasteiger partial charge in [0.25, 0.3) is 0 Å². The Hall–Kier alpha value is -1.75. The first-order chi connectivity index (χ1) is 9.56. The van der Waals surface area contributed by atoms with Crippen LogP contribution in [0.3, 0.4) is 0 Å². The van der Waals surface area contributed by atoms with Crippen molar-refractivity contribution in [2.75, 3.05) is 0 Å². The predicted octanol–water partition coefficient (Wildman–Crippen LogP) is 2.92. The Bertz CT molecular complexity index is 533. The second-order valence-electron chi connectivity index (χ2n) is 5.41. The number of rotatable bonds is 6. The van der Waals surface area contributed by atoms with Gasteiger partial charge >= 0.3 is 0 Å². The molecule has 0 saturated heterocycles. The highest BCUT2D eigenvalue weighted by atomic mass is 19.1. The standard InChI is InChI=1S/C15H21FN4/c1-11(2)9-20-15(18-10-19-20)8-17-12(3)13-4-6-14(16)7-5-13/h4-7,10-12,17H,8-9H2,1-3H3/t12-/m0/s1. The first kappa shape index (κ1) is 14.7. The molecule has 1 atom stereocenters. The highest BCUT2D eigenvalue weighted by molar-refractivity contribution is 5.19. The van der Waals surface area contributed by atoms with E-state index in [1.54, 1.807) is 18.5 Å². The fourth-order valence-corrected chi connectivity index (χ4v) is 2.04. The number of nitrogens with zero attached hydrogens (tertiary/aromatic N) is 3. The van der Waals surface area contributed by atoms with Gasteiger partial charge in [0, 0.05) is 12.6 Å². The highest BCUT2D eigenvalue weighted by Gasteiger charge is 2.09. The summed E-state index contributed by atoms with van der Waals surface area (Å²) in [6.07, 6.45) is 1.59. The van der Waals surface area contributed by atoms with E-state index in [1.165, 1.54) is 12.1 Å². The smallest absolute Gasteiger partial charge is 0.140 e. The molecule has 0 unspecified atom stereocenters. The molecule has 0 aliphatic carbocycles. The van der Waals surface area contributed by atoms with Crippen LogP contribution in [-0.4, -0.2) is 14.8 Å². The van der Waals surface area contributed by atoms with Gasteiger partial charge in [-0.25, -0.2) is 14.1 Å². The van der Waals surface area contributed by atoms with Crippen LogP contribution < -0.4 is 5.32 Å². The summed E-state index contributed by atoms with van der Waals surface area (Å²) in [5.41, 5.74) is 1.06. The number of halogens is 1. The third-order valence-electron chi connectivity index (χ3n) is 3.17. The van der Waals surface area contributed by atoms with Crippen molar-refractivity contribution in [1.82, 2.24) is 20.1 Å². The Kier molecular flexibility index (Phi) is 4.84. The van der Waals surface area contributed by atoms with Gasteiger partial charge < -0.3 is 5.32 Å². The van der Waals surface area contributed by atoms with Crippen molar-refractivity contribution in [3.05, 3.63) is 47.8 Å². The van der Waals surface area contributed by atoms with Crippen LogP contribution in [0.4, 0.5) is 4.39 Å². The van der Waals surface area contributed by atoms with Gasteiger partial charge in [-0.1, -0.05) is 26.0 Å². The Morgan fingerprint density at radius 2 is 1.90 bits per heavy atom. The minimum atomic E-state index is -0.211. The van der Waals surface area contributed by atoms with E-state index in [1.807, 2.05) is 4.68 Å². The van der Waals surface area contributed by atoms with E-state index in [4.69, 9.17) is 0 Å². The first-order valence-electron chi connectivity index (χ1n) is 6.91. The highest BCUT2D eigenvalue weighted by Crippen LogP contribution is 2.13. The van der Waals surface area contributed by atoms with Gasteiger partial charge in [-0.05, 0) is 30.5 Å². The van der Waals surface area contributed by atoms with Gasteiger partial charge in [-0.3, -0.25) is 0 Å². The lowest BCUT2D eigenvalue weighted by atomic mass is 10.1. The van der Waals surface area contributed by atoms with Crippen LogP contribution in [0.1, 0.15) is 38.2 Å². The van der Waals surface area contributed by atoms with E-state index in [0.717, 1.165) is 17.9 Å². The SMILES string of the molecule is CC(C)Cn1ncnc1CN[C@@H](C)c1ccc(F)cc1. The van der Waals surface area contributed by atoms with Gasteiger partial charge in [0.1, 0.15) is 18.0 Å². The van der Waals surface area contributed by atoms with Crippen LogP contribution in [0, 0.1) is 11.7 Å². The summed E-state index contributed by atoms with van der Waals surface area (Å²) in [6, 6.07) is 6.70. The average molecular weight is 276 g/mol. The van der Waals surface area contributed by atoms with Gasteiger partial charge in [0.15, 0.2) is 0 Å². The number of nitrogens with one attached hydrogen (secondary N) is 1. The number of hydrogen-bond donors (Lipinski definition) is 1. The van der Waals surface area contributed by atoms with Crippen molar-refractivity contribution in [3.8, 4) is 0 Å². The molecule has 2 aromatic rings. The molecule has 4 nitrogen and oxygen atoms in total. The maximum atomic E-state index is 12.9. The zero-order valence-electron chi connectivity index (χ0n) is 12.2. The Balaban J connectivity index is 1.95. The molecule has 0 bridgehead atoms. The molecule has 0 amide bonds. The summed E-state index contributed by atoms with van der Waals surface area (Å²) >= 11 is 0. The van der Waals surface area contributed by atoms with Crippen LogP contribution in [0.5, 0.6) is 0 Å². The molecular formula is C15H21FN4. The Morgan fingerprint density at radius 3 is 2.55 bits per heavy atom. The molecule has 1 aromatic heterocycles. The summed E-state index contributed by atoms with van der Waals surface area (Å²) in [4.78, 5) is 4.28. The molecule has 2 rings (SSSR count). The molecule has 0 radical (unpaired) electrons. The average Bonchev–Trinajstić information content (AvgIpc) is 2.83. The predicted molar refractivity (Wildman–Crippen MR) is 76.5 cm³/mol. The van der Waals surface area contributed by atoms with Crippen LogP contribution in [0.2, 0.25) is 0 Å². The number of aromatic nitrogens is 3. The molecule has 0 saturated carbocycles. The van der Waals surface area contributed by atoms with Crippen LogP contribution in [0.25, 0.3) is 0 Å².